The van der Waals surface area contributed by atoms with E-state index >= 15 is 0 Å². The molecule has 18 heavy (non-hydrogen) atoms. The molecule has 0 saturated carbocycles. The normalized spacial score (nSPS) is 10.4. The number of anilines is 1. The van der Waals surface area contributed by atoms with Crippen molar-refractivity contribution in [3.05, 3.63) is 36.4 Å². The van der Waals surface area contributed by atoms with Gasteiger partial charge >= 0.3 is 0 Å². The summed E-state index contributed by atoms with van der Waals surface area (Å²) in [4.78, 5) is 4.23. The molecule has 1 aromatic carbocycles. The molecule has 2 aromatic rings. The van der Waals surface area contributed by atoms with Crippen LogP contribution in [0.5, 0.6) is 5.75 Å². The van der Waals surface area contributed by atoms with Crippen LogP contribution in [0.3, 0.4) is 0 Å². The van der Waals surface area contributed by atoms with E-state index in [4.69, 9.17) is 4.74 Å². The van der Waals surface area contributed by atoms with Crippen LogP contribution in [0.25, 0.3) is 5.69 Å². The fraction of sp³-hybridized carbons (Fsp3) is 0.308. The molecular weight excluding hydrogens is 233 g/mol. The first-order valence-electron chi connectivity index (χ1n) is 5.87. The fourth-order valence-electron chi connectivity index (χ4n) is 1.68. The lowest BCUT2D eigenvalue weighted by atomic mass is 10.3. The predicted molar refractivity (Wildman–Crippen MR) is 68.9 cm³/mol. The van der Waals surface area contributed by atoms with Gasteiger partial charge in [0.15, 0.2) is 11.6 Å². The number of rotatable bonds is 5. The van der Waals surface area contributed by atoms with Gasteiger partial charge in [0.1, 0.15) is 0 Å². The molecule has 4 nitrogen and oxygen atoms in total. The highest BCUT2D eigenvalue weighted by atomic mass is 19.1. The van der Waals surface area contributed by atoms with Crippen LogP contribution in [0.1, 0.15) is 13.3 Å². The van der Waals surface area contributed by atoms with E-state index in [1.54, 1.807) is 18.3 Å². The minimum absolute atomic E-state index is 0.225. The molecule has 0 spiro atoms. The van der Waals surface area contributed by atoms with Crippen LogP contribution in [0.4, 0.5) is 10.3 Å². The van der Waals surface area contributed by atoms with Crippen molar-refractivity contribution in [2.45, 2.75) is 13.3 Å². The van der Waals surface area contributed by atoms with Crippen molar-refractivity contribution in [1.29, 1.82) is 0 Å². The molecule has 1 N–H and O–H groups in total. The Morgan fingerprint density at radius 1 is 1.44 bits per heavy atom. The van der Waals surface area contributed by atoms with Crippen LogP contribution in [0, 0.1) is 5.82 Å². The number of ether oxygens (including phenoxy) is 1. The third-order valence-electron chi connectivity index (χ3n) is 2.59. The van der Waals surface area contributed by atoms with Gasteiger partial charge in [-0.05, 0) is 18.6 Å². The molecular formula is C13H16FN3O. The molecule has 0 atom stereocenters. The number of methoxy groups -OCH3 is 1. The molecule has 2 rings (SSSR count). The zero-order valence-electron chi connectivity index (χ0n) is 10.5. The van der Waals surface area contributed by atoms with Crippen LogP contribution < -0.4 is 10.1 Å². The molecule has 0 bridgehead atoms. The number of halogens is 1. The second-order valence-corrected chi connectivity index (χ2v) is 3.87. The molecule has 0 aliphatic rings. The van der Waals surface area contributed by atoms with Crippen LogP contribution >= 0.6 is 0 Å². The number of benzene rings is 1. The summed E-state index contributed by atoms with van der Waals surface area (Å²) in [6.45, 7) is 2.93. The summed E-state index contributed by atoms with van der Waals surface area (Å²) in [6, 6.07) is 4.72. The van der Waals surface area contributed by atoms with Gasteiger partial charge in [0, 0.05) is 25.0 Å². The molecule has 1 aromatic heterocycles. The van der Waals surface area contributed by atoms with Crippen molar-refractivity contribution in [2.24, 2.45) is 0 Å². The second-order valence-electron chi connectivity index (χ2n) is 3.87. The lowest BCUT2D eigenvalue weighted by Crippen LogP contribution is -2.06. The maximum Gasteiger partial charge on any atom is 0.207 e. The molecule has 0 saturated heterocycles. The van der Waals surface area contributed by atoms with Gasteiger partial charge in [0.25, 0.3) is 0 Å². The van der Waals surface area contributed by atoms with Crippen molar-refractivity contribution < 1.29 is 9.13 Å². The van der Waals surface area contributed by atoms with E-state index in [2.05, 4.69) is 17.2 Å². The Labute approximate surface area is 105 Å². The number of aromatic nitrogens is 2. The monoisotopic (exact) mass is 249 g/mol. The first-order valence-corrected chi connectivity index (χ1v) is 5.87. The third kappa shape index (κ3) is 2.45. The Balaban J connectivity index is 2.33. The zero-order chi connectivity index (χ0) is 13.0. The molecule has 1 heterocycles. The summed E-state index contributed by atoms with van der Waals surface area (Å²) in [6.07, 6.45) is 4.54. The van der Waals surface area contributed by atoms with Crippen LogP contribution in [-0.4, -0.2) is 23.2 Å². The van der Waals surface area contributed by atoms with E-state index in [1.165, 1.54) is 13.2 Å². The summed E-state index contributed by atoms with van der Waals surface area (Å²) in [7, 11) is 1.45. The molecule has 5 heteroatoms. The number of nitrogens with one attached hydrogen (secondary N) is 1. The van der Waals surface area contributed by atoms with Crippen LogP contribution in [-0.2, 0) is 0 Å². The smallest absolute Gasteiger partial charge is 0.207 e. The van der Waals surface area contributed by atoms with Gasteiger partial charge in [-0.1, -0.05) is 6.92 Å². The molecule has 0 unspecified atom stereocenters. The Hall–Kier alpha value is -2.04. The van der Waals surface area contributed by atoms with Crippen molar-refractivity contribution >= 4 is 5.95 Å². The van der Waals surface area contributed by atoms with Crippen molar-refractivity contribution in [3.63, 3.8) is 0 Å². The SMILES string of the molecule is CCCNc1nccn1-c1ccc(F)c(OC)c1. The van der Waals surface area contributed by atoms with Crippen molar-refractivity contribution in [3.8, 4) is 11.4 Å². The Kier molecular flexibility index (Phi) is 3.82. The molecule has 0 aliphatic carbocycles. The average molecular weight is 249 g/mol. The molecule has 0 aliphatic heterocycles. The first kappa shape index (κ1) is 12.4. The third-order valence-corrected chi connectivity index (χ3v) is 2.59. The molecule has 0 amide bonds. The minimum atomic E-state index is -0.371. The number of hydrogen-bond acceptors (Lipinski definition) is 3. The summed E-state index contributed by atoms with van der Waals surface area (Å²) in [5.74, 6) is 0.595. The summed E-state index contributed by atoms with van der Waals surface area (Å²) in [5.41, 5.74) is 0.810. The number of imidazole rings is 1. The maximum absolute atomic E-state index is 13.3. The van der Waals surface area contributed by atoms with Crippen molar-refractivity contribution in [1.82, 2.24) is 9.55 Å². The second kappa shape index (κ2) is 5.53. The molecule has 0 radical (unpaired) electrons. The van der Waals surface area contributed by atoms with E-state index in [-0.39, 0.29) is 11.6 Å². The van der Waals surface area contributed by atoms with Gasteiger partial charge in [-0.2, -0.15) is 0 Å². The number of hydrogen-bond donors (Lipinski definition) is 1. The summed E-state index contributed by atoms with van der Waals surface area (Å²) < 4.78 is 20.2. The number of nitrogens with zero attached hydrogens (tertiary/aromatic N) is 2. The highest BCUT2D eigenvalue weighted by Crippen LogP contribution is 2.22. The van der Waals surface area contributed by atoms with Gasteiger partial charge in [0.05, 0.1) is 12.8 Å². The average Bonchev–Trinajstić information content (AvgIpc) is 2.85. The van der Waals surface area contributed by atoms with Gasteiger partial charge in [-0.3, -0.25) is 4.57 Å². The summed E-state index contributed by atoms with van der Waals surface area (Å²) in [5, 5.41) is 3.21. The predicted octanol–water partition coefficient (Wildman–Crippen LogP) is 2.84. The van der Waals surface area contributed by atoms with E-state index in [9.17, 15) is 4.39 Å². The lowest BCUT2D eigenvalue weighted by molar-refractivity contribution is 0.386. The van der Waals surface area contributed by atoms with E-state index in [0.717, 1.165) is 24.6 Å². The topological polar surface area (TPSA) is 39.1 Å². The van der Waals surface area contributed by atoms with Gasteiger partial charge in [0.2, 0.25) is 5.95 Å². The van der Waals surface area contributed by atoms with Crippen LogP contribution in [0.15, 0.2) is 30.6 Å². The Morgan fingerprint density at radius 2 is 2.28 bits per heavy atom. The standard InChI is InChI=1S/C13H16FN3O/c1-3-6-15-13-16-7-8-17(13)10-4-5-11(14)12(9-10)18-2/h4-5,7-9H,3,6H2,1-2H3,(H,15,16). The summed E-state index contributed by atoms with van der Waals surface area (Å²) >= 11 is 0. The Bertz CT molecular complexity index is 525. The zero-order valence-corrected chi connectivity index (χ0v) is 10.5. The minimum Gasteiger partial charge on any atom is -0.494 e. The van der Waals surface area contributed by atoms with E-state index in [0.29, 0.717) is 0 Å². The first-order chi connectivity index (χ1) is 8.76. The highest BCUT2D eigenvalue weighted by molar-refractivity contribution is 5.46. The fourth-order valence-corrected chi connectivity index (χ4v) is 1.68. The maximum atomic E-state index is 13.3. The quantitative estimate of drug-likeness (QED) is 0.885. The van der Waals surface area contributed by atoms with Gasteiger partial charge < -0.3 is 10.1 Å². The van der Waals surface area contributed by atoms with E-state index < -0.39 is 0 Å². The molecule has 96 valence electrons. The van der Waals surface area contributed by atoms with Crippen molar-refractivity contribution in [2.75, 3.05) is 19.0 Å². The van der Waals surface area contributed by atoms with Crippen LogP contribution in [0.2, 0.25) is 0 Å². The van der Waals surface area contributed by atoms with Gasteiger partial charge in [-0.15, -0.1) is 0 Å². The lowest BCUT2D eigenvalue weighted by Gasteiger charge is -2.10. The Morgan fingerprint density at radius 3 is 3.00 bits per heavy atom. The largest absolute Gasteiger partial charge is 0.494 e. The van der Waals surface area contributed by atoms with E-state index in [1.807, 2.05) is 10.8 Å². The van der Waals surface area contributed by atoms with Gasteiger partial charge in [-0.25, -0.2) is 9.37 Å². The molecule has 0 fully saturated rings. The highest BCUT2D eigenvalue weighted by Gasteiger charge is 2.08.